The van der Waals surface area contributed by atoms with Crippen LogP contribution in [0.5, 0.6) is 17.4 Å². The summed E-state index contributed by atoms with van der Waals surface area (Å²) >= 11 is 0. The summed E-state index contributed by atoms with van der Waals surface area (Å²) in [5.74, 6) is -0.360. The van der Waals surface area contributed by atoms with Crippen LogP contribution in [-0.2, 0) is 11.2 Å². The highest BCUT2D eigenvalue weighted by Gasteiger charge is 2.33. The molecule has 3 aromatic rings. The van der Waals surface area contributed by atoms with Crippen molar-refractivity contribution in [3.05, 3.63) is 70.4 Å². The summed E-state index contributed by atoms with van der Waals surface area (Å²) in [5.41, 5.74) is 6.11. The summed E-state index contributed by atoms with van der Waals surface area (Å²) < 4.78 is 54.1. The molecule has 0 amide bonds. The van der Waals surface area contributed by atoms with E-state index in [1.807, 2.05) is 18.2 Å². The van der Waals surface area contributed by atoms with Crippen molar-refractivity contribution in [2.24, 2.45) is 0 Å². The van der Waals surface area contributed by atoms with E-state index in [2.05, 4.69) is 9.72 Å². The minimum atomic E-state index is -4.74. The van der Waals surface area contributed by atoms with E-state index < -0.39 is 12.3 Å². The van der Waals surface area contributed by atoms with Crippen LogP contribution in [0.25, 0.3) is 11.1 Å². The molecule has 6 nitrogen and oxygen atoms in total. The number of fused-ring (bicyclic) bond motifs is 2. The highest BCUT2D eigenvalue weighted by Crippen LogP contribution is 2.44. The molecule has 1 aromatic heterocycles. The topological polar surface area (TPSA) is 77.9 Å². The minimum Gasteiger partial charge on any atom is -0.492 e. The Morgan fingerprint density at radius 2 is 1.92 bits per heavy atom. The second-order valence-electron chi connectivity index (χ2n) is 9.16. The average molecular weight is 499 g/mol. The highest BCUT2D eigenvalue weighted by atomic mass is 19.4. The average Bonchev–Trinajstić information content (AvgIpc) is 3.36. The number of hydrogen-bond acceptors (Lipinski definition) is 5. The lowest BCUT2D eigenvalue weighted by molar-refractivity contribution is -0.274. The standard InChI is InChI=1S/C27H24F3NO5/c1-14-8-17(36-27(28,29)30)9-15(2)26(14)20-5-3-4-19-18(20)6-7-22(19)35-24-11-23-21(12-31-24)16(13-34-23)10-25(32)33/h3-5,8-9,11-12,16,22H,6-7,10,13H2,1-2H3,(H,32,33). The van der Waals surface area contributed by atoms with E-state index in [0.29, 0.717) is 29.4 Å². The van der Waals surface area contributed by atoms with Crippen LogP contribution in [-0.4, -0.2) is 29.0 Å². The van der Waals surface area contributed by atoms with Crippen molar-refractivity contribution in [1.29, 1.82) is 0 Å². The number of nitrogens with zero attached hydrogens (tertiary/aromatic N) is 1. The number of benzene rings is 2. The number of aromatic nitrogens is 1. The van der Waals surface area contributed by atoms with E-state index in [4.69, 9.17) is 14.6 Å². The Morgan fingerprint density at radius 1 is 1.17 bits per heavy atom. The molecule has 0 saturated carbocycles. The predicted octanol–water partition coefficient (Wildman–Crippen LogP) is 6.28. The molecule has 2 unspecified atom stereocenters. The van der Waals surface area contributed by atoms with E-state index in [-0.39, 0.29) is 24.2 Å². The number of hydrogen-bond donors (Lipinski definition) is 1. The zero-order valence-electron chi connectivity index (χ0n) is 19.7. The third-order valence-electron chi connectivity index (χ3n) is 6.66. The van der Waals surface area contributed by atoms with Gasteiger partial charge in [-0.2, -0.15) is 0 Å². The van der Waals surface area contributed by atoms with Gasteiger partial charge in [-0.3, -0.25) is 4.79 Å². The van der Waals surface area contributed by atoms with Crippen molar-refractivity contribution in [1.82, 2.24) is 4.98 Å². The number of halogens is 3. The van der Waals surface area contributed by atoms with Gasteiger partial charge in [0.2, 0.25) is 5.88 Å². The van der Waals surface area contributed by atoms with Crippen molar-refractivity contribution in [3.63, 3.8) is 0 Å². The maximum Gasteiger partial charge on any atom is 0.573 e. The van der Waals surface area contributed by atoms with E-state index in [9.17, 15) is 18.0 Å². The molecule has 1 aliphatic heterocycles. The third-order valence-corrected chi connectivity index (χ3v) is 6.66. The molecule has 0 fully saturated rings. The maximum absolute atomic E-state index is 12.7. The van der Waals surface area contributed by atoms with Gasteiger partial charge >= 0.3 is 12.3 Å². The summed E-state index contributed by atoms with van der Waals surface area (Å²) in [6.45, 7) is 3.86. The molecule has 2 aromatic carbocycles. The van der Waals surface area contributed by atoms with Crippen molar-refractivity contribution in [3.8, 4) is 28.5 Å². The van der Waals surface area contributed by atoms with Crippen LogP contribution in [0.1, 0.15) is 52.7 Å². The van der Waals surface area contributed by atoms with E-state index >= 15 is 0 Å². The number of pyridine rings is 1. The quantitative estimate of drug-likeness (QED) is 0.430. The number of carbonyl (C=O) groups is 1. The van der Waals surface area contributed by atoms with Crippen molar-refractivity contribution in [2.45, 2.75) is 51.5 Å². The van der Waals surface area contributed by atoms with E-state index in [1.165, 1.54) is 12.1 Å². The van der Waals surface area contributed by atoms with Crippen LogP contribution in [0.4, 0.5) is 13.2 Å². The fourth-order valence-corrected chi connectivity index (χ4v) is 5.25. The molecule has 0 bridgehead atoms. The van der Waals surface area contributed by atoms with Gasteiger partial charge in [0.25, 0.3) is 0 Å². The van der Waals surface area contributed by atoms with Gasteiger partial charge in [0, 0.05) is 23.7 Å². The van der Waals surface area contributed by atoms with Gasteiger partial charge in [-0.25, -0.2) is 4.98 Å². The van der Waals surface area contributed by atoms with E-state index in [1.54, 1.807) is 26.1 Å². The molecular formula is C27H24F3NO5. The Hall–Kier alpha value is -3.75. The number of carboxylic acid groups (broad SMARTS) is 1. The molecular weight excluding hydrogens is 475 g/mol. The van der Waals surface area contributed by atoms with Gasteiger partial charge < -0.3 is 19.3 Å². The number of aliphatic carboxylic acids is 1. The Bertz CT molecular complexity index is 1310. The smallest absolute Gasteiger partial charge is 0.492 e. The number of ether oxygens (including phenoxy) is 3. The Labute approximate surface area is 205 Å². The molecule has 36 heavy (non-hydrogen) atoms. The van der Waals surface area contributed by atoms with Crippen LogP contribution in [0.15, 0.2) is 42.6 Å². The first-order valence-electron chi connectivity index (χ1n) is 11.6. The zero-order chi connectivity index (χ0) is 25.6. The van der Waals surface area contributed by atoms with Crippen molar-refractivity contribution in [2.75, 3.05) is 6.61 Å². The molecule has 188 valence electrons. The summed E-state index contributed by atoms with van der Waals surface area (Å²) in [6, 6.07) is 10.4. The first kappa shape index (κ1) is 24.0. The van der Waals surface area contributed by atoms with E-state index in [0.717, 1.165) is 40.7 Å². The molecule has 0 radical (unpaired) electrons. The number of rotatable bonds is 6. The second kappa shape index (κ2) is 9.04. The summed E-state index contributed by atoms with van der Waals surface area (Å²) in [6.07, 6.45) is -1.91. The predicted molar refractivity (Wildman–Crippen MR) is 124 cm³/mol. The van der Waals surface area contributed by atoms with Gasteiger partial charge in [0.05, 0.1) is 13.0 Å². The lowest BCUT2D eigenvalue weighted by Gasteiger charge is -2.18. The monoisotopic (exact) mass is 499 g/mol. The summed E-state index contributed by atoms with van der Waals surface area (Å²) in [4.78, 5) is 15.5. The summed E-state index contributed by atoms with van der Waals surface area (Å²) in [5, 5.41) is 9.08. The molecule has 2 atom stereocenters. The first-order valence-corrected chi connectivity index (χ1v) is 11.6. The molecule has 9 heteroatoms. The normalized spacial score (nSPS) is 18.4. The van der Waals surface area contributed by atoms with Gasteiger partial charge in [-0.05, 0) is 72.2 Å². The number of carboxylic acids is 1. The lowest BCUT2D eigenvalue weighted by atomic mass is 9.90. The maximum atomic E-state index is 12.7. The highest BCUT2D eigenvalue weighted by molar-refractivity contribution is 5.76. The molecule has 2 heterocycles. The largest absolute Gasteiger partial charge is 0.573 e. The van der Waals surface area contributed by atoms with Crippen LogP contribution in [0.3, 0.4) is 0 Å². The second-order valence-corrected chi connectivity index (χ2v) is 9.16. The van der Waals surface area contributed by atoms with Crippen LogP contribution < -0.4 is 14.2 Å². The Balaban J connectivity index is 1.40. The molecule has 1 aliphatic carbocycles. The van der Waals surface area contributed by atoms with Gasteiger partial charge in [-0.1, -0.05) is 18.2 Å². The fraction of sp³-hybridized carbons (Fsp3) is 0.333. The van der Waals surface area contributed by atoms with Gasteiger partial charge in [0.15, 0.2) is 0 Å². The SMILES string of the molecule is Cc1cc(OC(F)(F)F)cc(C)c1-c1cccc2c1CCC2Oc1cc2c(cn1)C(CC(=O)O)CO2. The lowest BCUT2D eigenvalue weighted by Crippen LogP contribution is -2.17. The Kier molecular flexibility index (Phi) is 6.02. The van der Waals surface area contributed by atoms with Crippen molar-refractivity contribution < 1.29 is 37.3 Å². The third kappa shape index (κ3) is 4.69. The van der Waals surface area contributed by atoms with Crippen LogP contribution in [0, 0.1) is 13.8 Å². The van der Waals surface area contributed by atoms with Crippen LogP contribution >= 0.6 is 0 Å². The Morgan fingerprint density at radius 3 is 2.61 bits per heavy atom. The van der Waals surface area contributed by atoms with Gasteiger partial charge in [-0.15, -0.1) is 13.2 Å². The molecule has 1 N–H and O–H groups in total. The zero-order valence-corrected chi connectivity index (χ0v) is 19.7. The first-order chi connectivity index (χ1) is 17.1. The molecule has 0 spiro atoms. The number of alkyl halides is 3. The molecule has 0 saturated heterocycles. The van der Waals surface area contributed by atoms with Crippen molar-refractivity contribution >= 4 is 5.97 Å². The molecule has 5 rings (SSSR count). The minimum absolute atomic E-state index is 0.0181. The van der Waals surface area contributed by atoms with Gasteiger partial charge in [0.1, 0.15) is 17.6 Å². The number of aryl methyl sites for hydroxylation is 2. The molecule has 2 aliphatic rings. The van der Waals surface area contributed by atoms with Crippen LogP contribution in [0.2, 0.25) is 0 Å². The fourth-order valence-electron chi connectivity index (χ4n) is 5.25. The summed E-state index contributed by atoms with van der Waals surface area (Å²) in [7, 11) is 0.